The Bertz CT molecular complexity index is 578. The molecule has 1 fully saturated rings. The van der Waals surface area contributed by atoms with Gasteiger partial charge in [-0.25, -0.2) is 9.50 Å². The van der Waals surface area contributed by atoms with Crippen LogP contribution in [0.15, 0.2) is 18.2 Å². The molecule has 0 radical (unpaired) electrons. The second-order valence-electron chi connectivity index (χ2n) is 5.59. The zero-order valence-corrected chi connectivity index (χ0v) is 12.1. The Morgan fingerprint density at radius 3 is 2.95 bits per heavy atom. The van der Waals surface area contributed by atoms with Crippen molar-refractivity contribution in [3.63, 3.8) is 0 Å². The molecular formula is C14H19ClN4. The van der Waals surface area contributed by atoms with Crippen molar-refractivity contribution in [2.45, 2.75) is 32.7 Å². The minimum atomic E-state index is 0.617. The summed E-state index contributed by atoms with van der Waals surface area (Å²) in [6, 6.07) is 6.32. The number of rotatable bonds is 3. The molecule has 1 unspecified atom stereocenters. The van der Waals surface area contributed by atoms with E-state index in [9.17, 15) is 0 Å². The van der Waals surface area contributed by atoms with Gasteiger partial charge in [0.15, 0.2) is 11.5 Å². The summed E-state index contributed by atoms with van der Waals surface area (Å²) in [5, 5.41) is 5.12. The third-order valence-corrected chi connectivity index (χ3v) is 4.16. The van der Waals surface area contributed by atoms with Crippen molar-refractivity contribution < 1.29 is 0 Å². The lowest BCUT2D eigenvalue weighted by molar-refractivity contribution is 0.264. The molecule has 0 amide bonds. The van der Waals surface area contributed by atoms with Gasteiger partial charge in [-0.15, -0.1) is 5.10 Å². The molecule has 0 aliphatic carbocycles. The average Bonchev–Trinajstić information content (AvgIpc) is 2.96. The van der Waals surface area contributed by atoms with Crippen LogP contribution in [-0.2, 0) is 6.42 Å². The smallest absolute Gasteiger partial charge is 0.157 e. The van der Waals surface area contributed by atoms with Crippen molar-refractivity contribution >= 4 is 17.2 Å². The van der Waals surface area contributed by atoms with Gasteiger partial charge in [0.1, 0.15) is 5.15 Å². The van der Waals surface area contributed by atoms with E-state index in [-0.39, 0.29) is 0 Å². The molecule has 1 aliphatic heterocycles. The van der Waals surface area contributed by atoms with Gasteiger partial charge in [-0.1, -0.05) is 17.7 Å². The first-order valence-corrected chi connectivity index (χ1v) is 7.25. The second-order valence-corrected chi connectivity index (χ2v) is 5.98. The highest BCUT2D eigenvalue weighted by Crippen LogP contribution is 2.22. The zero-order chi connectivity index (χ0) is 13.4. The summed E-state index contributed by atoms with van der Waals surface area (Å²) < 4.78 is 1.71. The van der Waals surface area contributed by atoms with E-state index in [1.54, 1.807) is 4.52 Å². The fraction of sp³-hybridized carbons (Fsp3) is 0.571. The molecule has 3 rings (SSSR count). The van der Waals surface area contributed by atoms with E-state index in [0.29, 0.717) is 17.1 Å². The molecule has 0 aromatic carbocycles. The lowest BCUT2D eigenvalue weighted by atomic mass is 10.1. The molecule has 0 bridgehead atoms. The standard InChI is InChI=1S/C14H19ClN4/c1-10(2)18-7-6-11(9-18)8-13-16-14-5-3-4-12(15)19(14)17-13/h3-5,10-11H,6-9H2,1-2H3. The molecule has 0 spiro atoms. The van der Waals surface area contributed by atoms with Gasteiger partial charge in [0.2, 0.25) is 0 Å². The number of pyridine rings is 1. The number of fused-ring (bicyclic) bond motifs is 1. The molecule has 19 heavy (non-hydrogen) atoms. The summed E-state index contributed by atoms with van der Waals surface area (Å²) in [4.78, 5) is 7.08. The van der Waals surface area contributed by atoms with E-state index in [0.717, 1.165) is 24.4 Å². The van der Waals surface area contributed by atoms with Crippen molar-refractivity contribution in [3.8, 4) is 0 Å². The summed E-state index contributed by atoms with van der Waals surface area (Å²) in [6.45, 7) is 6.86. The van der Waals surface area contributed by atoms with Crippen LogP contribution in [0.3, 0.4) is 0 Å². The predicted octanol–water partition coefficient (Wildman–Crippen LogP) is 2.66. The van der Waals surface area contributed by atoms with Crippen LogP contribution in [0.2, 0.25) is 5.15 Å². The fourth-order valence-corrected chi connectivity index (χ4v) is 2.96. The first kappa shape index (κ1) is 12.9. The molecule has 102 valence electrons. The van der Waals surface area contributed by atoms with Gasteiger partial charge in [0.25, 0.3) is 0 Å². The lowest BCUT2D eigenvalue weighted by Crippen LogP contribution is -2.28. The number of hydrogen-bond acceptors (Lipinski definition) is 3. The monoisotopic (exact) mass is 278 g/mol. The minimum Gasteiger partial charge on any atom is -0.301 e. The Morgan fingerprint density at radius 2 is 2.26 bits per heavy atom. The summed E-state index contributed by atoms with van der Waals surface area (Å²) >= 11 is 6.10. The molecule has 1 saturated heterocycles. The predicted molar refractivity (Wildman–Crippen MR) is 76.5 cm³/mol. The first-order valence-electron chi connectivity index (χ1n) is 6.87. The molecule has 2 aromatic heterocycles. The van der Waals surface area contributed by atoms with Crippen molar-refractivity contribution in [2.75, 3.05) is 13.1 Å². The van der Waals surface area contributed by atoms with Crippen LogP contribution in [0, 0.1) is 5.92 Å². The van der Waals surface area contributed by atoms with Gasteiger partial charge in [-0.05, 0) is 44.9 Å². The van der Waals surface area contributed by atoms with Crippen LogP contribution in [-0.4, -0.2) is 38.6 Å². The average molecular weight is 279 g/mol. The molecule has 0 N–H and O–H groups in total. The Labute approximate surface area is 118 Å². The maximum absolute atomic E-state index is 6.10. The van der Waals surface area contributed by atoms with E-state index >= 15 is 0 Å². The van der Waals surface area contributed by atoms with Gasteiger partial charge < -0.3 is 4.90 Å². The van der Waals surface area contributed by atoms with Crippen molar-refractivity contribution in [1.82, 2.24) is 19.5 Å². The molecule has 2 aromatic rings. The summed E-state index contributed by atoms with van der Waals surface area (Å²) in [5.74, 6) is 1.57. The number of halogens is 1. The third kappa shape index (κ3) is 2.60. The maximum Gasteiger partial charge on any atom is 0.157 e. The van der Waals surface area contributed by atoms with Crippen LogP contribution in [0.4, 0.5) is 0 Å². The zero-order valence-electron chi connectivity index (χ0n) is 11.4. The Kier molecular flexibility index (Phi) is 3.46. The van der Waals surface area contributed by atoms with Crippen LogP contribution < -0.4 is 0 Å². The molecule has 3 heterocycles. The number of aromatic nitrogens is 3. The topological polar surface area (TPSA) is 33.4 Å². The van der Waals surface area contributed by atoms with E-state index < -0.39 is 0 Å². The van der Waals surface area contributed by atoms with E-state index in [4.69, 9.17) is 11.6 Å². The van der Waals surface area contributed by atoms with Crippen LogP contribution >= 0.6 is 11.6 Å². The largest absolute Gasteiger partial charge is 0.301 e. The van der Waals surface area contributed by atoms with Crippen molar-refractivity contribution in [1.29, 1.82) is 0 Å². The Morgan fingerprint density at radius 1 is 1.42 bits per heavy atom. The first-order chi connectivity index (χ1) is 9.13. The normalized spacial score (nSPS) is 20.7. The molecule has 1 aliphatic rings. The SMILES string of the molecule is CC(C)N1CCC(Cc2nc3cccc(Cl)n3n2)C1. The number of likely N-dealkylation sites (tertiary alicyclic amines) is 1. The van der Waals surface area contributed by atoms with E-state index in [1.165, 1.54) is 13.0 Å². The van der Waals surface area contributed by atoms with E-state index in [2.05, 4.69) is 28.8 Å². The molecule has 5 heteroatoms. The molecule has 1 atom stereocenters. The van der Waals surface area contributed by atoms with Crippen molar-refractivity contribution in [2.24, 2.45) is 5.92 Å². The summed E-state index contributed by atoms with van der Waals surface area (Å²) in [6.07, 6.45) is 2.18. The Balaban J connectivity index is 1.74. The quantitative estimate of drug-likeness (QED) is 0.810. The second kappa shape index (κ2) is 5.10. The highest BCUT2D eigenvalue weighted by atomic mass is 35.5. The van der Waals surface area contributed by atoms with Gasteiger partial charge in [-0.2, -0.15) is 0 Å². The van der Waals surface area contributed by atoms with Gasteiger partial charge >= 0.3 is 0 Å². The van der Waals surface area contributed by atoms with Crippen LogP contribution in [0.1, 0.15) is 26.1 Å². The molecular weight excluding hydrogens is 260 g/mol. The van der Waals surface area contributed by atoms with Crippen LogP contribution in [0.25, 0.3) is 5.65 Å². The maximum atomic E-state index is 6.10. The summed E-state index contributed by atoms with van der Waals surface area (Å²) in [7, 11) is 0. The van der Waals surface area contributed by atoms with Gasteiger partial charge in [-0.3, -0.25) is 0 Å². The third-order valence-electron chi connectivity index (χ3n) is 3.88. The number of nitrogens with zero attached hydrogens (tertiary/aromatic N) is 4. The molecule has 0 saturated carbocycles. The van der Waals surface area contributed by atoms with Crippen LogP contribution in [0.5, 0.6) is 0 Å². The van der Waals surface area contributed by atoms with Crippen molar-refractivity contribution in [3.05, 3.63) is 29.2 Å². The Hall–Kier alpha value is -1.13. The highest BCUT2D eigenvalue weighted by Gasteiger charge is 2.25. The number of hydrogen-bond donors (Lipinski definition) is 0. The van der Waals surface area contributed by atoms with Gasteiger partial charge in [0.05, 0.1) is 0 Å². The van der Waals surface area contributed by atoms with E-state index in [1.807, 2.05) is 18.2 Å². The minimum absolute atomic E-state index is 0.617. The lowest BCUT2D eigenvalue weighted by Gasteiger charge is -2.19. The summed E-state index contributed by atoms with van der Waals surface area (Å²) in [5.41, 5.74) is 0.834. The molecule has 4 nitrogen and oxygen atoms in total. The fourth-order valence-electron chi connectivity index (χ4n) is 2.76. The van der Waals surface area contributed by atoms with Gasteiger partial charge in [0, 0.05) is 19.0 Å². The highest BCUT2D eigenvalue weighted by molar-refractivity contribution is 6.29.